The molecule has 0 radical (unpaired) electrons. The summed E-state index contributed by atoms with van der Waals surface area (Å²) in [4.78, 5) is 28.5. The van der Waals surface area contributed by atoms with Gasteiger partial charge >= 0.3 is 12.1 Å². The maximum atomic E-state index is 14.1. The molecule has 2 aromatic rings. The second-order valence-electron chi connectivity index (χ2n) is 11.6. The van der Waals surface area contributed by atoms with E-state index >= 15 is 0 Å². The van der Waals surface area contributed by atoms with Gasteiger partial charge in [0, 0.05) is 25.3 Å². The van der Waals surface area contributed by atoms with Gasteiger partial charge in [0.15, 0.2) is 0 Å². The number of carboxylic acid groups (broad SMARTS) is 1. The minimum absolute atomic E-state index is 0.0391. The van der Waals surface area contributed by atoms with Crippen LogP contribution in [0.2, 0.25) is 0 Å². The molecule has 4 atom stereocenters. The van der Waals surface area contributed by atoms with Crippen LogP contribution in [0.3, 0.4) is 0 Å². The first-order valence-electron chi connectivity index (χ1n) is 13.9. The fourth-order valence-electron chi connectivity index (χ4n) is 6.56. The lowest BCUT2D eigenvalue weighted by atomic mass is 9.79. The molecule has 6 nitrogen and oxygen atoms in total. The van der Waals surface area contributed by atoms with Gasteiger partial charge in [-0.1, -0.05) is 13.0 Å². The zero-order chi connectivity index (χ0) is 29.7. The highest BCUT2D eigenvalue weighted by Gasteiger charge is 2.55. The first-order valence-corrected chi connectivity index (χ1v) is 13.9. The number of amides is 1. The van der Waals surface area contributed by atoms with Gasteiger partial charge in [0.2, 0.25) is 0 Å². The highest BCUT2D eigenvalue weighted by atomic mass is 19.4. The Hall–Kier alpha value is -3.05. The fraction of sp³-hybridized carbons (Fsp3) is 0.533. The van der Waals surface area contributed by atoms with E-state index in [0.717, 1.165) is 48.4 Å². The first-order chi connectivity index (χ1) is 19.3. The van der Waals surface area contributed by atoms with Crippen molar-refractivity contribution in [1.82, 2.24) is 4.90 Å². The Bertz CT molecular complexity index is 1320. The van der Waals surface area contributed by atoms with E-state index in [1.54, 1.807) is 6.07 Å². The maximum absolute atomic E-state index is 14.1. The summed E-state index contributed by atoms with van der Waals surface area (Å²) in [6.07, 6.45) is -1.38. The molecule has 3 fully saturated rings. The minimum Gasteiger partial charge on any atom is -0.478 e. The fourth-order valence-corrected chi connectivity index (χ4v) is 6.56. The number of halogens is 5. The molecule has 2 aromatic carbocycles. The van der Waals surface area contributed by atoms with Gasteiger partial charge in [-0.2, -0.15) is 13.2 Å². The van der Waals surface area contributed by atoms with Gasteiger partial charge in [0.25, 0.3) is 5.91 Å². The lowest BCUT2D eigenvalue weighted by Crippen LogP contribution is -2.58. The molecule has 1 N–H and O–H groups in total. The van der Waals surface area contributed by atoms with Gasteiger partial charge in [-0.15, -0.1) is 0 Å². The predicted molar refractivity (Wildman–Crippen MR) is 141 cm³/mol. The SMILES string of the molecule is C[C@H]1CN([C@@H]2CC[C@@](C(=O)N(C)c3cc(F)cc(C(F)(F)F)c3)(C3CC3)OC2)CC[C@@H]1c1ccc(F)c(C(=O)O)c1. The van der Waals surface area contributed by atoms with E-state index in [2.05, 4.69) is 11.8 Å². The number of hydrogen-bond donors (Lipinski definition) is 1. The zero-order valence-electron chi connectivity index (χ0n) is 22.9. The third-order valence-electron chi connectivity index (χ3n) is 8.98. The number of aromatic carboxylic acids is 1. The van der Waals surface area contributed by atoms with Gasteiger partial charge in [-0.05, 0) is 92.3 Å². The van der Waals surface area contributed by atoms with Crippen molar-refractivity contribution in [3.63, 3.8) is 0 Å². The van der Waals surface area contributed by atoms with Crippen LogP contribution in [0.5, 0.6) is 0 Å². The molecule has 41 heavy (non-hydrogen) atoms. The summed E-state index contributed by atoms with van der Waals surface area (Å²) in [5.74, 6) is -3.40. The van der Waals surface area contributed by atoms with Crippen LogP contribution < -0.4 is 4.90 Å². The molecule has 0 spiro atoms. The molecule has 1 aliphatic carbocycles. The molecule has 1 amide bonds. The lowest BCUT2D eigenvalue weighted by molar-refractivity contribution is -0.162. The quantitative estimate of drug-likeness (QED) is 0.419. The molecule has 0 aromatic heterocycles. The Morgan fingerprint density at radius 1 is 1.07 bits per heavy atom. The van der Waals surface area contributed by atoms with Crippen molar-refractivity contribution in [1.29, 1.82) is 0 Å². The number of anilines is 1. The molecule has 2 heterocycles. The molecule has 3 aliphatic rings. The number of carbonyl (C=O) groups is 2. The number of likely N-dealkylation sites (N-methyl/N-ethyl adjacent to an activating group) is 1. The van der Waals surface area contributed by atoms with Gasteiger partial charge < -0.3 is 14.7 Å². The van der Waals surface area contributed by atoms with Crippen molar-refractivity contribution in [2.75, 3.05) is 31.6 Å². The topological polar surface area (TPSA) is 70.1 Å². The molecule has 2 saturated heterocycles. The molecule has 0 bridgehead atoms. The third kappa shape index (κ3) is 5.83. The second kappa shape index (κ2) is 11.0. The normalized spacial score (nSPS) is 27.4. The Labute approximate surface area is 235 Å². The van der Waals surface area contributed by atoms with E-state index in [0.29, 0.717) is 25.5 Å². The number of benzene rings is 2. The number of piperidine rings is 1. The van der Waals surface area contributed by atoms with Crippen molar-refractivity contribution in [3.8, 4) is 0 Å². The van der Waals surface area contributed by atoms with Crippen LogP contribution in [-0.4, -0.2) is 60.3 Å². The van der Waals surface area contributed by atoms with Crippen molar-refractivity contribution < 1.29 is 41.4 Å². The molecule has 2 aliphatic heterocycles. The van der Waals surface area contributed by atoms with Gasteiger partial charge in [0.1, 0.15) is 17.2 Å². The molecule has 5 rings (SSSR count). The van der Waals surface area contributed by atoms with Crippen molar-refractivity contribution in [2.24, 2.45) is 11.8 Å². The number of rotatable bonds is 6. The highest BCUT2D eigenvalue weighted by Crippen LogP contribution is 2.49. The summed E-state index contributed by atoms with van der Waals surface area (Å²) in [6, 6.07) is 6.41. The van der Waals surface area contributed by atoms with Crippen LogP contribution in [0, 0.1) is 23.5 Å². The Morgan fingerprint density at radius 2 is 1.80 bits per heavy atom. The predicted octanol–water partition coefficient (Wildman–Crippen LogP) is 6.10. The summed E-state index contributed by atoms with van der Waals surface area (Å²) < 4.78 is 74.1. The van der Waals surface area contributed by atoms with E-state index in [4.69, 9.17) is 4.74 Å². The highest BCUT2D eigenvalue weighted by molar-refractivity contribution is 5.99. The minimum atomic E-state index is -4.75. The molecule has 222 valence electrons. The van der Waals surface area contributed by atoms with E-state index in [1.165, 1.54) is 19.2 Å². The summed E-state index contributed by atoms with van der Waals surface area (Å²) in [5.41, 5.74) is -2.04. The Kier molecular flexibility index (Phi) is 7.88. The van der Waals surface area contributed by atoms with Crippen LogP contribution in [0.4, 0.5) is 27.6 Å². The summed E-state index contributed by atoms with van der Waals surface area (Å²) >= 11 is 0. The number of nitrogens with zero attached hydrogens (tertiary/aromatic N) is 2. The molecular formula is C30H33F5N2O4. The summed E-state index contributed by atoms with van der Waals surface area (Å²) in [6.45, 7) is 3.79. The average Bonchev–Trinajstić information content (AvgIpc) is 3.78. The summed E-state index contributed by atoms with van der Waals surface area (Å²) in [7, 11) is 1.36. The van der Waals surface area contributed by atoms with Gasteiger partial charge in [-0.25, -0.2) is 13.6 Å². The largest absolute Gasteiger partial charge is 0.478 e. The number of alkyl halides is 3. The number of carboxylic acids is 1. The van der Waals surface area contributed by atoms with E-state index < -0.39 is 40.9 Å². The smallest absolute Gasteiger partial charge is 0.416 e. The Morgan fingerprint density at radius 3 is 2.39 bits per heavy atom. The zero-order valence-corrected chi connectivity index (χ0v) is 22.9. The Balaban J connectivity index is 1.26. The average molecular weight is 581 g/mol. The molecule has 1 saturated carbocycles. The van der Waals surface area contributed by atoms with E-state index in [9.17, 15) is 36.6 Å². The van der Waals surface area contributed by atoms with Crippen molar-refractivity contribution in [3.05, 3.63) is 64.7 Å². The molecule has 0 unspecified atom stereocenters. The van der Waals surface area contributed by atoms with Gasteiger partial charge in [0.05, 0.1) is 17.7 Å². The monoisotopic (exact) mass is 580 g/mol. The van der Waals surface area contributed by atoms with Gasteiger partial charge in [-0.3, -0.25) is 9.69 Å². The lowest BCUT2D eigenvalue weighted by Gasteiger charge is -2.47. The van der Waals surface area contributed by atoms with Crippen molar-refractivity contribution in [2.45, 2.75) is 62.8 Å². The standard InChI is InChI=1S/C30H33F5N2O4/c1-17-15-37(10-8-24(17)18-3-6-26(32)25(11-18)27(38)39)22-7-9-29(41-16-22,19-4-5-19)28(40)36(2)23-13-20(30(33,34)35)12-21(31)14-23/h3,6,11-14,17,19,22,24H,4-5,7-10,15-16H2,1-2H3,(H,38,39)/t17-,22+,24-,29-/m0/s1. The third-order valence-corrected chi connectivity index (χ3v) is 8.98. The molecule has 11 heteroatoms. The van der Waals surface area contributed by atoms with Crippen LogP contribution in [0.25, 0.3) is 0 Å². The van der Waals surface area contributed by atoms with Crippen LogP contribution in [0.1, 0.15) is 66.4 Å². The summed E-state index contributed by atoms with van der Waals surface area (Å²) in [5, 5.41) is 9.30. The number of hydrogen-bond acceptors (Lipinski definition) is 4. The maximum Gasteiger partial charge on any atom is 0.416 e. The van der Waals surface area contributed by atoms with Crippen molar-refractivity contribution >= 4 is 17.6 Å². The molecular weight excluding hydrogens is 547 g/mol. The van der Waals surface area contributed by atoms with Crippen LogP contribution >= 0.6 is 0 Å². The number of likely N-dealkylation sites (tertiary alicyclic amines) is 1. The number of ether oxygens (including phenoxy) is 1. The second-order valence-corrected chi connectivity index (χ2v) is 11.6. The first kappa shape index (κ1) is 29.4. The van der Waals surface area contributed by atoms with E-state index in [-0.39, 0.29) is 41.7 Å². The van der Waals surface area contributed by atoms with E-state index in [1.807, 2.05) is 0 Å². The van der Waals surface area contributed by atoms with Crippen LogP contribution in [-0.2, 0) is 15.7 Å². The van der Waals surface area contributed by atoms with Crippen LogP contribution in [0.15, 0.2) is 36.4 Å². The number of carbonyl (C=O) groups excluding carboxylic acids is 1.